The average Bonchev–Trinajstić information content (AvgIpc) is 2.63. The molecule has 1 atom stereocenters. The minimum absolute atomic E-state index is 0.00127. The van der Waals surface area contributed by atoms with Crippen molar-refractivity contribution in [2.45, 2.75) is 45.1 Å². The zero-order valence-electron chi connectivity index (χ0n) is 16.6. The van der Waals surface area contributed by atoms with Crippen LogP contribution in [-0.2, 0) is 10.2 Å². The van der Waals surface area contributed by atoms with Crippen LogP contribution < -0.4 is 10.6 Å². The van der Waals surface area contributed by atoms with Crippen molar-refractivity contribution in [2.75, 3.05) is 31.7 Å². The molecule has 1 unspecified atom stereocenters. The van der Waals surface area contributed by atoms with Crippen LogP contribution in [0, 0.1) is 0 Å². The van der Waals surface area contributed by atoms with Gasteiger partial charge in [-0.2, -0.15) is 0 Å². The summed E-state index contributed by atoms with van der Waals surface area (Å²) >= 11 is 0. The van der Waals surface area contributed by atoms with Crippen molar-refractivity contribution in [3.63, 3.8) is 0 Å². The monoisotopic (exact) mass is 352 g/mol. The number of ether oxygens (including phenoxy) is 1. The largest absolute Gasteiger partial charge is 0.385 e. The standard InChI is InChI=1S/C23H32N2O/c1-17(24)19-16-22-21(15-20(19)18-9-6-5-7-10-18)23(2,3)11-13-25(22)12-8-14-26-4/h5-7,9-10,15-17H,8,11-14,24H2,1-4H3. The van der Waals surface area contributed by atoms with E-state index in [1.807, 2.05) is 0 Å². The van der Waals surface area contributed by atoms with Crippen LogP contribution in [0.25, 0.3) is 11.1 Å². The lowest BCUT2D eigenvalue weighted by Gasteiger charge is -2.41. The highest BCUT2D eigenvalue weighted by Crippen LogP contribution is 2.44. The molecular weight excluding hydrogens is 320 g/mol. The Morgan fingerprint density at radius 2 is 1.92 bits per heavy atom. The van der Waals surface area contributed by atoms with Crippen molar-refractivity contribution >= 4 is 5.69 Å². The number of methoxy groups -OCH3 is 1. The zero-order chi connectivity index (χ0) is 18.7. The molecule has 0 bridgehead atoms. The van der Waals surface area contributed by atoms with E-state index in [4.69, 9.17) is 10.5 Å². The fourth-order valence-corrected chi connectivity index (χ4v) is 3.95. The minimum atomic E-state index is 0.00127. The first kappa shape index (κ1) is 18.9. The third kappa shape index (κ3) is 3.79. The molecule has 0 aromatic heterocycles. The summed E-state index contributed by atoms with van der Waals surface area (Å²) in [5, 5.41) is 0. The van der Waals surface area contributed by atoms with Crippen molar-refractivity contribution in [2.24, 2.45) is 5.73 Å². The maximum absolute atomic E-state index is 6.38. The highest BCUT2D eigenvalue weighted by Gasteiger charge is 2.32. The summed E-state index contributed by atoms with van der Waals surface area (Å²) in [7, 11) is 1.77. The number of fused-ring (bicyclic) bond motifs is 1. The summed E-state index contributed by atoms with van der Waals surface area (Å²) in [5.41, 5.74) is 13.1. The first-order valence-corrected chi connectivity index (χ1v) is 9.67. The summed E-state index contributed by atoms with van der Waals surface area (Å²) in [6.07, 6.45) is 2.21. The van der Waals surface area contributed by atoms with Gasteiger partial charge in [0.2, 0.25) is 0 Å². The van der Waals surface area contributed by atoms with Crippen LogP contribution in [0.1, 0.15) is 50.8 Å². The Morgan fingerprint density at radius 1 is 1.19 bits per heavy atom. The molecule has 140 valence electrons. The summed E-state index contributed by atoms with van der Waals surface area (Å²) < 4.78 is 5.25. The normalized spacial score (nSPS) is 17.0. The minimum Gasteiger partial charge on any atom is -0.385 e. The summed E-state index contributed by atoms with van der Waals surface area (Å²) in [6, 6.07) is 15.4. The fraction of sp³-hybridized carbons (Fsp3) is 0.478. The van der Waals surface area contributed by atoms with E-state index in [0.717, 1.165) is 26.1 Å². The molecule has 0 spiro atoms. The number of anilines is 1. The van der Waals surface area contributed by atoms with Crippen LogP contribution in [0.5, 0.6) is 0 Å². The average molecular weight is 353 g/mol. The van der Waals surface area contributed by atoms with Gasteiger partial charge in [-0.05, 0) is 59.6 Å². The molecule has 1 aliphatic heterocycles. The van der Waals surface area contributed by atoms with Crippen molar-refractivity contribution in [1.82, 2.24) is 0 Å². The molecule has 2 aromatic rings. The van der Waals surface area contributed by atoms with Gasteiger partial charge in [-0.15, -0.1) is 0 Å². The Kier molecular flexibility index (Phi) is 5.69. The molecule has 2 aromatic carbocycles. The molecule has 0 saturated carbocycles. The van der Waals surface area contributed by atoms with Gasteiger partial charge in [0.1, 0.15) is 0 Å². The second-order valence-electron chi connectivity index (χ2n) is 8.08. The molecule has 26 heavy (non-hydrogen) atoms. The van der Waals surface area contributed by atoms with Crippen molar-refractivity contribution < 1.29 is 4.74 Å². The van der Waals surface area contributed by atoms with E-state index in [0.29, 0.717) is 0 Å². The first-order valence-electron chi connectivity index (χ1n) is 9.67. The number of hydrogen-bond acceptors (Lipinski definition) is 3. The smallest absolute Gasteiger partial charge is 0.0479 e. The molecule has 3 heteroatoms. The number of rotatable bonds is 6. The molecular formula is C23H32N2O. The zero-order valence-corrected chi connectivity index (χ0v) is 16.6. The highest BCUT2D eigenvalue weighted by atomic mass is 16.5. The van der Waals surface area contributed by atoms with Crippen molar-refractivity contribution in [3.8, 4) is 11.1 Å². The van der Waals surface area contributed by atoms with Crippen LogP contribution >= 0.6 is 0 Å². The molecule has 0 radical (unpaired) electrons. The van der Waals surface area contributed by atoms with Gasteiger partial charge >= 0.3 is 0 Å². The number of nitrogens with two attached hydrogens (primary N) is 1. The van der Waals surface area contributed by atoms with Gasteiger partial charge in [0.25, 0.3) is 0 Å². The molecule has 1 aliphatic rings. The molecule has 2 N–H and O–H groups in total. The Balaban J connectivity index is 2.10. The van der Waals surface area contributed by atoms with Gasteiger partial charge in [0, 0.05) is 38.5 Å². The highest BCUT2D eigenvalue weighted by molar-refractivity contribution is 5.75. The van der Waals surface area contributed by atoms with E-state index >= 15 is 0 Å². The van der Waals surface area contributed by atoms with Gasteiger partial charge in [0.05, 0.1) is 0 Å². The quantitative estimate of drug-likeness (QED) is 0.752. The molecule has 0 aliphatic carbocycles. The number of hydrogen-bond donors (Lipinski definition) is 1. The van der Waals surface area contributed by atoms with Gasteiger partial charge in [0.15, 0.2) is 0 Å². The molecule has 0 amide bonds. The second-order valence-corrected chi connectivity index (χ2v) is 8.08. The maximum Gasteiger partial charge on any atom is 0.0479 e. The molecule has 3 nitrogen and oxygen atoms in total. The molecule has 0 fully saturated rings. The molecule has 3 rings (SSSR count). The molecule has 0 saturated heterocycles. The third-order valence-electron chi connectivity index (χ3n) is 5.60. The Labute approximate surface area is 158 Å². The lowest BCUT2D eigenvalue weighted by molar-refractivity contribution is 0.195. The Hall–Kier alpha value is -1.84. The van der Waals surface area contributed by atoms with Crippen molar-refractivity contribution in [3.05, 3.63) is 53.6 Å². The van der Waals surface area contributed by atoms with Gasteiger partial charge in [-0.3, -0.25) is 0 Å². The predicted molar refractivity (Wildman–Crippen MR) is 111 cm³/mol. The van der Waals surface area contributed by atoms with E-state index < -0.39 is 0 Å². The van der Waals surface area contributed by atoms with Gasteiger partial charge in [-0.1, -0.05) is 44.2 Å². The summed E-state index contributed by atoms with van der Waals surface area (Å²) in [5.74, 6) is 0. The van der Waals surface area contributed by atoms with E-state index in [1.54, 1.807) is 7.11 Å². The van der Waals surface area contributed by atoms with Crippen LogP contribution in [0.3, 0.4) is 0 Å². The van der Waals surface area contributed by atoms with Crippen LogP contribution in [0.15, 0.2) is 42.5 Å². The van der Waals surface area contributed by atoms with E-state index in [9.17, 15) is 0 Å². The lowest BCUT2D eigenvalue weighted by atomic mass is 9.75. The summed E-state index contributed by atoms with van der Waals surface area (Å²) in [4.78, 5) is 2.51. The summed E-state index contributed by atoms with van der Waals surface area (Å²) in [6.45, 7) is 9.72. The van der Waals surface area contributed by atoms with E-state index in [-0.39, 0.29) is 11.5 Å². The van der Waals surface area contributed by atoms with Gasteiger partial charge < -0.3 is 15.4 Å². The van der Waals surface area contributed by atoms with Crippen LogP contribution in [-0.4, -0.2) is 26.8 Å². The Bertz CT molecular complexity index is 737. The maximum atomic E-state index is 6.38. The molecule has 1 heterocycles. The second kappa shape index (κ2) is 7.81. The van der Waals surface area contributed by atoms with Crippen LogP contribution in [0.2, 0.25) is 0 Å². The van der Waals surface area contributed by atoms with Crippen LogP contribution in [0.4, 0.5) is 5.69 Å². The first-order chi connectivity index (χ1) is 12.4. The van der Waals surface area contributed by atoms with Crippen molar-refractivity contribution in [1.29, 1.82) is 0 Å². The number of benzene rings is 2. The third-order valence-corrected chi connectivity index (χ3v) is 5.60. The van der Waals surface area contributed by atoms with E-state index in [1.165, 1.54) is 34.4 Å². The number of nitrogens with zero attached hydrogens (tertiary/aromatic N) is 1. The predicted octanol–water partition coefficient (Wildman–Crippen LogP) is 4.90. The lowest BCUT2D eigenvalue weighted by Crippen LogP contribution is -2.38. The topological polar surface area (TPSA) is 38.5 Å². The van der Waals surface area contributed by atoms with E-state index in [2.05, 4.69) is 68.1 Å². The SMILES string of the molecule is COCCCN1CCC(C)(C)c2cc(-c3ccccc3)c(C(C)N)cc21. The fourth-order valence-electron chi connectivity index (χ4n) is 3.95. The van der Waals surface area contributed by atoms with Gasteiger partial charge in [-0.25, -0.2) is 0 Å². The Morgan fingerprint density at radius 3 is 2.58 bits per heavy atom.